The van der Waals surface area contributed by atoms with Crippen molar-refractivity contribution in [2.45, 2.75) is 39.5 Å². The van der Waals surface area contributed by atoms with E-state index in [1.165, 1.54) is 0 Å². The zero-order valence-electron chi connectivity index (χ0n) is 16.0. The second-order valence-electron chi connectivity index (χ2n) is 7.05. The molecule has 1 aliphatic heterocycles. The summed E-state index contributed by atoms with van der Waals surface area (Å²) in [6.45, 7) is 6.40. The first-order chi connectivity index (χ1) is 12.0. The Morgan fingerprint density at radius 3 is 2.44 bits per heavy atom. The van der Waals surface area contributed by atoms with Gasteiger partial charge in [0, 0.05) is 25.2 Å². The number of carbonyl (C=O) groups excluding carboxylic acids is 2. The van der Waals surface area contributed by atoms with Gasteiger partial charge in [0.15, 0.2) is 0 Å². The van der Waals surface area contributed by atoms with E-state index in [1.54, 1.807) is 0 Å². The summed E-state index contributed by atoms with van der Waals surface area (Å²) in [6.07, 6.45) is 3.02. The summed E-state index contributed by atoms with van der Waals surface area (Å²) in [5.41, 5.74) is 3.25. The molecule has 0 aliphatic carbocycles. The number of amides is 2. The Bertz CT molecular complexity index is 591. The number of para-hydroxylation sites is 1. The van der Waals surface area contributed by atoms with Gasteiger partial charge in [0.05, 0.1) is 5.92 Å². The van der Waals surface area contributed by atoms with E-state index in [2.05, 4.69) is 36.2 Å². The van der Waals surface area contributed by atoms with Gasteiger partial charge in [-0.3, -0.25) is 9.59 Å². The van der Waals surface area contributed by atoms with E-state index >= 15 is 0 Å². The number of rotatable bonds is 8. The second-order valence-corrected chi connectivity index (χ2v) is 7.05. The van der Waals surface area contributed by atoms with Gasteiger partial charge in [-0.15, -0.1) is 0 Å². The minimum Gasteiger partial charge on any atom is -0.342 e. The van der Waals surface area contributed by atoms with Gasteiger partial charge in [0.1, 0.15) is 0 Å². The van der Waals surface area contributed by atoms with Crippen molar-refractivity contribution in [2.24, 2.45) is 5.92 Å². The van der Waals surface area contributed by atoms with Crippen LogP contribution in [0.4, 0.5) is 5.69 Å². The third-order valence-electron chi connectivity index (χ3n) is 4.87. The van der Waals surface area contributed by atoms with Gasteiger partial charge >= 0.3 is 0 Å². The topological polar surface area (TPSA) is 52.7 Å². The summed E-state index contributed by atoms with van der Waals surface area (Å²) in [5, 5.41) is 3.11. The van der Waals surface area contributed by atoms with Gasteiger partial charge in [-0.05, 0) is 51.0 Å². The van der Waals surface area contributed by atoms with Crippen LogP contribution in [0.2, 0.25) is 0 Å². The maximum Gasteiger partial charge on any atom is 0.229 e. The molecule has 138 valence electrons. The summed E-state index contributed by atoms with van der Waals surface area (Å²) in [6, 6.07) is 6.16. The minimum atomic E-state index is -0.249. The summed E-state index contributed by atoms with van der Waals surface area (Å²) in [7, 11) is 4.05. The van der Waals surface area contributed by atoms with Crippen LogP contribution in [-0.4, -0.2) is 55.3 Å². The fourth-order valence-corrected chi connectivity index (χ4v) is 3.37. The van der Waals surface area contributed by atoms with E-state index in [4.69, 9.17) is 0 Å². The van der Waals surface area contributed by atoms with Crippen molar-refractivity contribution < 1.29 is 9.59 Å². The maximum absolute atomic E-state index is 12.7. The Kier molecular flexibility index (Phi) is 7.00. The highest BCUT2D eigenvalue weighted by Crippen LogP contribution is 2.25. The molecule has 0 radical (unpaired) electrons. The van der Waals surface area contributed by atoms with Gasteiger partial charge in [0.2, 0.25) is 11.8 Å². The van der Waals surface area contributed by atoms with Crippen molar-refractivity contribution in [1.29, 1.82) is 0 Å². The molecule has 25 heavy (non-hydrogen) atoms. The van der Waals surface area contributed by atoms with E-state index in [0.29, 0.717) is 13.0 Å². The molecule has 1 aromatic carbocycles. The van der Waals surface area contributed by atoms with Crippen molar-refractivity contribution in [3.05, 3.63) is 29.3 Å². The molecule has 1 N–H and O–H groups in total. The number of nitrogens with one attached hydrogen (secondary N) is 1. The van der Waals surface area contributed by atoms with Crippen LogP contribution in [0.3, 0.4) is 0 Å². The third-order valence-corrected chi connectivity index (χ3v) is 4.87. The average Bonchev–Trinajstić information content (AvgIpc) is 2.95. The first kappa shape index (κ1) is 19.4. The molecule has 2 rings (SSSR count). The lowest BCUT2D eigenvalue weighted by molar-refractivity contribution is -0.128. The fourth-order valence-electron chi connectivity index (χ4n) is 3.37. The normalized spacial score (nSPS) is 17.4. The third kappa shape index (κ3) is 5.05. The number of likely N-dealkylation sites (tertiary alicyclic amines) is 1. The Morgan fingerprint density at radius 2 is 1.88 bits per heavy atom. The average molecular weight is 345 g/mol. The van der Waals surface area contributed by atoms with Crippen LogP contribution in [0.25, 0.3) is 0 Å². The van der Waals surface area contributed by atoms with Crippen LogP contribution in [0.1, 0.15) is 37.8 Å². The molecule has 5 heteroatoms. The number of hydrogen-bond donors (Lipinski definition) is 1. The van der Waals surface area contributed by atoms with Gasteiger partial charge in [-0.25, -0.2) is 0 Å². The predicted molar refractivity (Wildman–Crippen MR) is 102 cm³/mol. The standard InChI is InChI=1S/C20H31N3O2/c1-5-15-9-7-10-16(6-2)19(15)21-20(25)17-13-18(24)23(14-17)12-8-11-22(3)4/h7,9-10,17H,5-6,8,11-14H2,1-4H3,(H,21,25). The molecule has 1 aliphatic rings. The van der Waals surface area contributed by atoms with Crippen LogP contribution >= 0.6 is 0 Å². The monoisotopic (exact) mass is 345 g/mol. The van der Waals surface area contributed by atoms with Gasteiger partial charge in [0.25, 0.3) is 0 Å². The Hall–Kier alpha value is -1.88. The lowest BCUT2D eigenvalue weighted by Crippen LogP contribution is -2.30. The molecular weight excluding hydrogens is 314 g/mol. The Labute approximate surface area is 151 Å². The van der Waals surface area contributed by atoms with E-state index in [-0.39, 0.29) is 17.7 Å². The molecule has 0 bridgehead atoms. The quantitative estimate of drug-likeness (QED) is 0.788. The molecule has 1 aromatic rings. The van der Waals surface area contributed by atoms with Crippen molar-refractivity contribution in [3.8, 4) is 0 Å². The van der Waals surface area contributed by atoms with Crippen LogP contribution in [0.5, 0.6) is 0 Å². The molecule has 1 atom stereocenters. The Balaban J connectivity index is 1.99. The molecule has 0 saturated carbocycles. The van der Waals surface area contributed by atoms with Crippen molar-refractivity contribution in [2.75, 3.05) is 39.0 Å². The highest BCUT2D eigenvalue weighted by molar-refractivity contribution is 5.98. The second kappa shape index (κ2) is 8.99. The largest absolute Gasteiger partial charge is 0.342 e. The maximum atomic E-state index is 12.7. The minimum absolute atomic E-state index is 0.0286. The molecule has 1 unspecified atom stereocenters. The summed E-state index contributed by atoms with van der Waals surface area (Å²) >= 11 is 0. The number of benzene rings is 1. The highest BCUT2D eigenvalue weighted by Gasteiger charge is 2.34. The van der Waals surface area contributed by atoms with E-state index in [1.807, 2.05) is 25.1 Å². The highest BCUT2D eigenvalue weighted by atomic mass is 16.2. The van der Waals surface area contributed by atoms with Crippen LogP contribution in [0.15, 0.2) is 18.2 Å². The van der Waals surface area contributed by atoms with Crippen molar-refractivity contribution >= 4 is 17.5 Å². The number of carbonyl (C=O) groups is 2. The zero-order valence-corrected chi connectivity index (χ0v) is 16.0. The smallest absolute Gasteiger partial charge is 0.229 e. The number of nitrogens with zero attached hydrogens (tertiary/aromatic N) is 2. The molecule has 5 nitrogen and oxygen atoms in total. The predicted octanol–water partition coefficient (Wildman–Crippen LogP) is 2.55. The molecular formula is C20H31N3O2. The van der Waals surface area contributed by atoms with Crippen molar-refractivity contribution in [3.63, 3.8) is 0 Å². The lowest BCUT2D eigenvalue weighted by atomic mass is 10.0. The number of aryl methyl sites for hydroxylation is 2. The van der Waals surface area contributed by atoms with Gasteiger partial charge in [-0.2, -0.15) is 0 Å². The van der Waals surface area contributed by atoms with E-state index < -0.39 is 0 Å². The summed E-state index contributed by atoms with van der Waals surface area (Å²) in [4.78, 5) is 28.9. The van der Waals surface area contributed by atoms with Gasteiger partial charge in [-0.1, -0.05) is 32.0 Å². The first-order valence-electron chi connectivity index (χ1n) is 9.30. The number of anilines is 1. The fraction of sp³-hybridized carbons (Fsp3) is 0.600. The van der Waals surface area contributed by atoms with Crippen molar-refractivity contribution in [1.82, 2.24) is 9.80 Å². The molecule has 1 saturated heterocycles. The van der Waals surface area contributed by atoms with Crippen LogP contribution in [-0.2, 0) is 22.4 Å². The Morgan fingerprint density at radius 1 is 1.24 bits per heavy atom. The van der Waals surface area contributed by atoms with Crippen LogP contribution in [0, 0.1) is 5.92 Å². The first-order valence-corrected chi connectivity index (χ1v) is 9.30. The lowest BCUT2D eigenvalue weighted by Gasteiger charge is -2.19. The summed E-state index contributed by atoms with van der Waals surface area (Å²) < 4.78 is 0. The SMILES string of the molecule is CCc1cccc(CC)c1NC(=O)C1CC(=O)N(CCCN(C)C)C1. The van der Waals surface area contributed by atoms with Crippen LogP contribution < -0.4 is 5.32 Å². The molecule has 0 aromatic heterocycles. The van der Waals surface area contributed by atoms with E-state index in [0.717, 1.165) is 49.2 Å². The molecule has 1 fully saturated rings. The summed E-state index contributed by atoms with van der Waals surface area (Å²) in [5.74, 6) is -0.182. The molecule has 1 heterocycles. The van der Waals surface area contributed by atoms with E-state index in [9.17, 15) is 9.59 Å². The molecule has 0 spiro atoms. The zero-order chi connectivity index (χ0) is 18.4. The molecule has 2 amide bonds. The van der Waals surface area contributed by atoms with Gasteiger partial charge < -0.3 is 15.1 Å². The number of hydrogen-bond acceptors (Lipinski definition) is 3.